The smallest absolute Gasteiger partial charge is 0.0974 e. The molecular weight excluding hydrogens is 228 g/mol. The molecule has 94 valence electrons. The zero-order valence-corrected chi connectivity index (χ0v) is 11.3. The van der Waals surface area contributed by atoms with Gasteiger partial charge in [-0.3, -0.25) is 0 Å². The van der Waals surface area contributed by atoms with Crippen molar-refractivity contribution >= 4 is 11.3 Å². The van der Waals surface area contributed by atoms with E-state index in [1.807, 2.05) is 11.3 Å². The lowest BCUT2D eigenvalue weighted by Crippen LogP contribution is -2.28. The summed E-state index contributed by atoms with van der Waals surface area (Å²) in [5.41, 5.74) is 1.44. The molecule has 0 spiro atoms. The fourth-order valence-electron chi connectivity index (χ4n) is 2.96. The van der Waals surface area contributed by atoms with Crippen LogP contribution < -0.4 is 5.32 Å². The van der Waals surface area contributed by atoms with Crippen LogP contribution in [0.3, 0.4) is 0 Å². The third kappa shape index (κ3) is 2.71. The van der Waals surface area contributed by atoms with Crippen molar-refractivity contribution in [3.63, 3.8) is 0 Å². The molecule has 17 heavy (non-hydrogen) atoms. The van der Waals surface area contributed by atoms with E-state index < -0.39 is 0 Å². The van der Waals surface area contributed by atoms with Gasteiger partial charge in [-0.25, -0.2) is 4.98 Å². The van der Waals surface area contributed by atoms with Gasteiger partial charge in [-0.15, -0.1) is 11.3 Å². The Labute approximate surface area is 108 Å². The number of thiazole rings is 1. The lowest BCUT2D eigenvalue weighted by Gasteiger charge is -2.20. The van der Waals surface area contributed by atoms with Crippen LogP contribution in [0.2, 0.25) is 0 Å². The van der Waals surface area contributed by atoms with E-state index in [-0.39, 0.29) is 0 Å². The quantitative estimate of drug-likeness (QED) is 0.827. The molecule has 1 unspecified atom stereocenters. The van der Waals surface area contributed by atoms with Gasteiger partial charge in [0.05, 0.1) is 10.7 Å². The van der Waals surface area contributed by atoms with Crippen molar-refractivity contribution in [2.24, 2.45) is 0 Å². The summed E-state index contributed by atoms with van der Waals surface area (Å²) in [7, 11) is 0. The van der Waals surface area contributed by atoms with Gasteiger partial charge in [-0.1, -0.05) is 12.8 Å². The zero-order chi connectivity index (χ0) is 11.5. The minimum absolute atomic E-state index is 0.696. The Morgan fingerprint density at radius 2 is 1.94 bits per heavy atom. The van der Waals surface area contributed by atoms with Crippen molar-refractivity contribution < 1.29 is 0 Å². The minimum atomic E-state index is 0.696. The second-order valence-electron chi connectivity index (χ2n) is 5.38. The van der Waals surface area contributed by atoms with Gasteiger partial charge in [-0.2, -0.15) is 0 Å². The molecule has 0 radical (unpaired) electrons. The Morgan fingerprint density at radius 3 is 2.76 bits per heavy atom. The fraction of sp³-hybridized carbons (Fsp3) is 0.786. The molecule has 3 heteroatoms. The van der Waals surface area contributed by atoms with Gasteiger partial charge in [0.2, 0.25) is 0 Å². The van der Waals surface area contributed by atoms with Crippen molar-refractivity contribution in [3.05, 3.63) is 15.6 Å². The Bertz CT molecular complexity index is 341. The molecule has 2 nitrogen and oxygen atoms in total. The predicted molar refractivity (Wildman–Crippen MR) is 72.8 cm³/mol. The number of aryl methyl sites for hydroxylation is 2. The first kappa shape index (κ1) is 11.7. The Morgan fingerprint density at radius 1 is 1.06 bits per heavy atom. The van der Waals surface area contributed by atoms with Crippen LogP contribution in [0, 0.1) is 0 Å². The number of aromatic nitrogens is 1. The molecule has 1 aromatic rings. The van der Waals surface area contributed by atoms with E-state index in [4.69, 9.17) is 4.98 Å². The topological polar surface area (TPSA) is 24.9 Å². The summed E-state index contributed by atoms with van der Waals surface area (Å²) in [6.07, 6.45) is 10.7. The Kier molecular flexibility index (Phi) is 3.77. The molecule has 0 saturated carbocycles. The van der Waals surface area contributed by atoms with Crippen molar-refractivity contribution in [2.75, 3.05) is 13.1 Å². The molecule has 1 N–H and O–H groups in total. The lowest BCUT2D eigenvalue weighted by atomic mass is 10.00. The number of hydrogen-bond donors (Lipinski definition) is 1. The molecule has 1 saturated heterocycles. The standard InChI is InChI=1S/C14H22N2S/c1-2-4-8-13-12(7-3-1)16-14(17-13)11-6-5-9-15-10-11/h11,15H,1-10H2. The number of nitrogens with one attached hydrogen (secondary N) is 1. The number of fused-ring (bicyclic) bond motifs is 1. The molecule has 1 aliphatic carbocycles. The average Bonchev–Trinajstić information content (AvgIpc) is 2.73. The van der Waals surface area contributed by atoms with Crippen LogP contribution in [0.1, 0.15) is 60.0 Å². The minimum Gasteiger partial charge on any atom is -0.316 e. The molecule has 1 atom stereocenters. The van der Waals surface area contributed by atoms with E-state index in [2.05, 4.69) is 5.32 Å². The van der Waals surface area contributed by atoms with Gasteiger partial charge < -0.3 is 5.32 Å². The van der Waals surface area contributed by atoms with Crippen molar-refractivity contribution in [2.45, 2.75) is 57.3 Å². The summed E-state index contributed by atoms with van der Waals surface area (Å²) in [6.45, 7) is 2.34. The Balaban J connectivity index is 1.78. The second-order valence-corrected chi connectivity index (χ2v) is 6.49. The highest BCUT2D eigenvalue weighted by Gasteiger charge is 2.21. The van der Waals surface area contributed by atoms with E-state index in [1.54, 1.807) is 4.88 Å². The highest BCUT2D eigenvalue weighted by Crippen LogP contribution is 2.32. The maximum atomic E-state index is 4.95. The summed E-state index contributed by atoms with van der Waals surface area (Å²) in [5.74, 6) is 0.696. The number of rotatable bonds is 1. The van der Waals surface area contributed by atoms with Crippen LogP contribution in [-0.4, -0.2) is 18.1 Å². The molecule has 1 aliphatic heterocycles. The molecule has 2 heterocycles. The summed E-state index contributed by atoms with van der Waals surface area (Å²) < 4.78 is 0. The maximum absolute atomic E-state index is 4.95. The van der Waals surface area contributed by atoms with Crippen LogP contribution in [-0.2, 0) is 12.8 Å². The van der Waals surface area contributed by atoms with Crippen molar-refractivity contribution in [1.29, 1.82) is 0 Å². The van der Waals surface area contributed by atoms with Crippen molar-refractivity contribution in [1.82, 2.24) is 10.3 Å². The van der Waals surface area contributed by atoms with Gasteiger partial charge in [0.25, 0.3) is 0 Å². The summed E-state index contributed by atoms with van der Waals surface area (Å²) in [4.78, 5) is 6.56. The molecule has 0 amide bonds. The number of piperidine rings is 1. The molecule has 0 aromatic carbocycles. The molecule has 1 aromatic heterocycles. The predicted octanol–water partition coefficient (Wildman–Crippen LogP) is 3.27. The normalized spacial score (nSPS) is 26.0. The van der Waals surface area contributed by atoms with Gasteiger partial charge >= 0.3 is 0 Å². The SMILES string of the molecule is C1CCCc2sc(C3CCCNC3)nc2CC1. The summed E-state index contributed by atoms with van der Waals surface area (Å²) >= 11 is 2.01. The summed E-state index contributed by atoms with van der Waals surface area (Å²) in [5, 5.41) is 4.93. The summed E-state index contributed by atoms with van der Waals surface area (Å²) in [6, 6.07) is 0. The molecule has 0 bridgehead atoms. The zero-order valence-electron chi connectivity index (χ0n) is 10.5. The molecule has 3 rings (SSSR count). The van der Waals surface area contributed by atoms with Crippen LogP contribution in [0.15, 0.2) is 0 Å². The van der Waals surface area contributed by atoms with E-state index in [0.29, 0.717) is 5.92 Å². The Hall–Kier alpha value is -0.410. The van der Waals surface area contributed by atoms with Gasteiger partial charge in [0.1, 0.15) is 0 Å². The van der Waals surface area contributed by atoms with Crippen LogP contribution in [0.4, 0.5) is 0 Å². The first-order chi connectivity index (χ1) is 8.43. The van der Waals surface area contributed by atoms with E-state index in [0.717, 1.165) is 6.54 Å². The second kappa shape index (κ2) is 5.49. The third-order valence-electron chi connectivity index (χ3n) is 4.01. The molecule has 1 fully saturated rings. The first-order valence-corrected chi connectivity index (χ1v) is 7.94. The van der Waals surface area contributed by atoms with E-state index in [1.165, 1.54) is 68.6 Å². The number of hydrogen-bond acceptors (Lipinski definition) is 3. The highest BCUT2D eigenvalue weighted by molar-refractivity contribution is 7.11. The monoisotopic (exact) mass is 250 g/mol. The highest BCUT2D eigenvalue weighted by atomic mass is 32.1. The van der Waals surface area contributed by atoms with Crippen LogP contribution in [0.5, 0.6) is 0 Å². The largest absolute Gasteiger partial charge is 0.316 e. The van der Waals surface area contributed by atoms with E-state index in [9.17, 15) is 0 Å². The number of nitrogens with zero attached hydrogens (tertiary/aromatic N) is 1. The fourth-order valence-corrected chi connectivity index (χ4v) is 4.25. The van der Waals surface area contributed by atoms with Gasteiger partial charge in [0.15, 0.2) is 0 Å². The first-order valence-electron chi connectivity index (χ1n) is 7.12. The van der Waals surface area contributed by atoms with Gasteiger partial charge in [0, 0.05) is 17.3 Å². The lowest BCUT2D eigenvalue weighted by molar-refractivity contribution is 0.459. The molecule has 2 aliphatic rings. The van der Waals surface area contributed by atoms with Crippen molar-refractivity contribution in [3.8, 4) is 0 Å². The van der Waals surface area contributed by atoms with E-state index >= 15 is 0 Å². The van der Waals surface area contributed by atoms with Crippen LogP contribution in [0.25, 0.3) is 0 Å². The van der Waals surface area contributed by atoms with Crippen LogP contribution >= 0.6 is 11.3 Å². The van der Waals surface area contributed by atoms with Gasteiger partial charge in [-0.05, 0) is 45.1 Å². The molecular formula is C14H22N2S. The average molecular weight is 250 g/mol. The maximum Gasteiger partial charge on any atom is 0.0974 e. The third-order valence-corrected chi connectivity index (χ3v) is 5.33.